The molecule has 1 aromatic carbocycles. The summed E-state index contributed by atoms with van der Waals surface area (Å²) in [5.41, 5.74) is 6.40. The monoisotopic (exact) mass is 297 g/mol. The van der Waals surface area contributed by atoms with Gasteiger partial charge in [-0.25, -0.2) is 8.42 Å². The first-order valence-electron chi connectivity index (χ1n) is 5.37. The van der Waals surface area contributed by atoms with E-state index in [0.29, 0.717) is 16.4 Å². The molecule has 1 heterocycles. The highest BCUT2D eigenvalue weighted by Crippen LogP contribution is 2.26. The lowest BCUT2D eigenvalue weighted by Gasteiger charge is -2.20. The number of halogens is 1. The summed E-state index contributed by atoms with van der Waals surface area (Å²) in [6, 6.07) is 7.50. The molecule has 0 radical (unpaired) electrons. The second-order valence-electron chi connectivity index (χ2n) is 3.86. The molecule has 0 atom stereocenters. The minimum absolute atomic E-state index is 0.149. The van der Waals surface area contributed by atoms with Crippen LogP contribution < -0.4 is 10.0 Å². The van der Waals surface area contributed by atoms with E-state index in [0.717, 1.165) is 4.31 Å². The maximum absolute atomic E-state index is 12.4. The largest absolute Gasteiger partial charge is 0.396 e. The van der Waals surface area contributed by atoms with Gasteiger partial charge in [-0.2, -0.15) is 0 Å². The topological polar surface area (TPSA) is 76.3 Å². The Bertz CT molecular complexity index is 686. The summed E-state index contributed by atoms with van der Waals surface area (Å²) in [4.78, 5) is 3.98. The molecule has 1 aromatic heterocycles. The first-order chi connectivity index (χ1) is 8.93. The van der Waals surface area contributed by atoms with E-state index in [4.69, 9.17) is 17.3 Å². The van der Waals surface area contributed by atoms with Crippen LogP contribution in [0.4, 0.5) is 11.4 Å². The summed E-state index contributed by atoms with van der Waals surface area (Å²) in [6.45, 7) is 0. The average molecular weight is 298 g/mol. The minimum atomic E-state index is -3.66. The Morgan fingerprint density at radius 2 is 1.84 bits per heavy atom. The van der Waals surface area contributed by atoms with Gasteiger partial charge in [-0.1, -0.05) is 11.6 Å². The fourth-order valence-corrected chi connectivity index (χ4v) is 2.93. The summed E-state index contributed by atoms with van der Waals surface area (Å²) in [7, 11) is -2.22. The molecule has 0 saturated heterocycles. The predicted molar refractivity (Wildman–Crippen MR) is 75.7 cm³/mol. The summed E-state index contributed by atoms with van der Waals surface area (Å²) in [6.07, 6.45) is 2.89. The summed E-state index contributed by atoms with van der Waals surface area (Å²) in [5, 5.41) is 0.477. The Kier molecular flexibility index (Phi) is 3.64. The smallest absolute Gasteiger partial charge is 0.264 e. The number of sulfonamides is 1. The molecule has 2 aromatic rings. The van der Waals surface area contributed by atoms with Gasteiger partial charge < -0.3 is 5.73 Å². The van der Waals surface area contributed by atoms with Crippen LogP contribution in [-0.4, -0.2) is 20.4 Å². The van der Waals surface area contributed by atoms with Crippen LogP contribution in [0.2, 0.25) is 5.02 Å². The van der Waals surface area contributed by atoms with Crippen molar-refractivity contribution in [1.82, 2.24) is 4.98 Å². The van der Waals surface area contributed by atoms with Gasteiger partial charge >= 0.3 is 0 Å². The van der Waals surface area contributed by atoms with E-state index in [-0.39, 0.29) is 4.90 Å². The van der Waals surface area contributed by atoms with Crippen molar-refractivity contribution < 1.29 is 8.42 Å². The summed E-state index contributed by atoms with van der Waals surface area (Å²) < 4.78 is 25.9. The molecule has 0 aliphatic rings. The number of aromatic nitrogens is 1. The molecule has 2 rings (SSSR count). The van der Waals surface area contributed by atoms with Gasteiger partial charge in [0.1, 0.15) is 0 Å². The summed E-state index contributed by atoms with van der Waals surface area (Å²) in [5.74, 6) is 0. The van der Waals surface area contributed by atoms with E-state index in [1.165, 1.54) is 43.7 Å². The van der Waals surface area contributed by atoms with Gasteiger partial charge in [-0.3, -0.25) is 9.29 Å². The molecule has 7 heteroatoms. The fraction of sp³-hybridized carbons (Fsp3) is 0.0833. The third-order valence-electron chi connectivity index (χ3n) is 2.64. The molecule has 0 spiro atoms. The van der Waals surface area contributed by atoms with Crippen LogP contribution in [-0.2, 0) is 10.0 Å². The number of nitrogens with zero attached hydrogens (tertiary/aromatic N) is 2. The van der Waals surface area contributed by atoms with Crippen molar-refractivity contribution in [3.63, 3.8) is 0 Å². The number of nitrogen functional groups attached to an aromatic ring is 1. The number of rotatable bonds is 3. The minimum Gasteiger partial charge on any atom is -0.396 e. The molecule has 2 N–H and O–H groups in total. The molecule has 19 heavy (non-hydrogen) atoms. The van der Waals surface area contributed by atoms with Crippen molar-refractivity contribution in [3.8, 4) is 0 Å². The standard InChI is InChI=1S/C12H12ClN3O2S/c1-16(12-6-7-15-8-11(12)14)19(17,18)10-4-2-9(13)3-5-10/h2-8H,14H2,1H3. The number of hydrogen-bond acceptors (Lipinski definition) is 4. The second kappa shape index (κ2) is 5.07. The Hall–Kier alpha value is -1.79. The van der Waals surface area contributed by atoms with Gasteiger partial charge in [0.2, 0.25) is 0 Å². The molecule has 0 bridgehead atoms. The first-order valence-corrected chi connectivity index (χ1v) is 7.18. The Balaban J connectivity index is 2.45. The lowest BCUT2D eigenvalue weighted by molar-refractivity contribution is 0.594. The zero-order chi connectivity index (χ0) is 14.0. The molecule has 0 fully saturated rings. The third-order valence-corrected chi connectivity index (χ3v) is 4.68. The summed E-state index contributed by atoms with van der Waals surface area (Å²) >= 11 is 5.75. The number of pyridine rings is 1. The number of anilines is 2. The van der Waals surface area contributed by atoms with Crippen LogP contribution in [0.1, 0.15) is 0 Å². The molecule has 0 saturated carbocycles. The van der Waals surface area contributed by atoms with Gasteiger partial charge in [-0.15, -0.1) is 0 Å². The quantitative estimate of drug-likeness (QED) is 0.941. The molecular weight excluding hydrogens is 286 g/mol. The second-order valence-corrected chi connectivity index (χ2v) is 6.27. The molecule has 0 unspecified atom stereocenters. The lowest BCUT2D eigenvalue weighted by Crippen LogP contribution is -2.27. The van der Waals surface area contributed by atoms with Crippen molar-refractivity contribution in [2.24, 2.45) is 0 Å². The van der Waals surface area contributed by atoms with Crippen molar-refractivity contribution in [2.45, 2.75) is 4.90 Å². The first kappa shape index (κ1) is 13.6. The van der Waals surface area contributed by atoms with Crippen LogP contribution in [0.3, 0.4) is 0 Å². The van der Waals surface area contributed by atoms with Gasteiger partial charge in [0, 0.05) is 18.3 Å². The number of benzene rings is 1. The molecule has 5 nitrogen and oxygen atoms in total. The highest BCUT2D eigenvalue weighted by Gasteiger charge is 2.22. The lowest BCUT2D eigenvalue weighted by atomic mass is 10.3. The Labute approximate surface area is 116 Å². The zero-order valence-electron chi connectivity index (χ0n) is 10.1. The third kappa shape index (κ3) is 2.64. The van der Waals surface area contributed by atoms with Crippen LogP contribution in [0.5, 0.6) is 0 Å². The molecule has 0 amide bonds. The van der Waals surface area contributed by atoms with Crippen LogP contribution >= 0.6 is 11.6 Å². The molecular formula is C12H12ClN3O2S. The molecule has 100 valence electrons. The van der Waals surface area contributed by atoms with Crippen molar-refractivity contribution in [2.75, 3.05) is 17.1 Å². The van der Waals surface area contributed by atoms with Crippen molar-refractivity contribution in [3.05, 3.63) is 47.7 Å². The highest BCUT2D eigenvalue weighted by atomic mass is 35.5. The molecule has 0 aliphatic carbocycles. The van der Waals surface area contributed by atoms with Gasteiger partial charge in [0.25, 0.3) is 10.0 Å². The van der Waals surface area contributed by atoms with Crippen molar-refractivity contribution >= 4 is 33.0 Å². The van der Waals surface area contributed by atoms with Gasteiger partial charge in [0.15, 0.2) is 0 Å². The van der Waals surface area contributed by atoms with E-state index < -0.39 is 10.0 Å². The highest BCUT2D eigenvalue weighted by molar-refractivity contribution is 7.92. The van der Waals surface area contributed by atoms with Crippen LogP contribution in [0, 0.1) is 0 Å². The van der Waals surface area contributed by atoms with E-state index in [1.54, 1.807) is 6.07 Å². The average Bonchev–Trinajstić information content (AvgIpc) is 2.39. The van der Waals surface area contributed by atoms with E-state index in [1.807, 2.05) is 0 Å². The maximum Gasteiger partial charge on any atom is 0.264 e. The zero-order valence-corrected chi connectivity index (χ0v) is 11.7. The van der Waals surface area contributed by atoms with Gasteiger partial charge in [0.05, 0.1) is 22.5 Å². The van der Waals surface area contributed by atoms with Crippen molar-refractivity contribution in [1.29, 1.82) is 0 Å². The maximum atomic E-state index is 12.4. The molecule has 0 aliphatic heterocycles. The Morgan fingerprint density at radius 3 is 2.42 bits per heavy atom. The number of hydrogen-bond donors (Lipinski definition) is 1. The Morgan fingerprint density at radius 1 is 1.21 bits per heavy atom. The van der Waals surface area contributed by atoms with E-state index >= 15 is 0 Å². The van der Waals surface area contributed by atoms with E-state index in [2.05, 4.69) is 4.98 Å². The van der Waals surface area contributed by atoms with Crippen LogP contribution in [0.25, 0.3) is 0 Å². The predicted octanol–water partition coefficient (Wildman–Crippen LogP) is 2.14. The SMILES string of the molecule is CN(c1ccncc1N)S(=O)(=O)c1ccc(Cl)cc1. The number of nitrogens with two attached hydrogens (primary N) is 1. The van der Waals surface area contributed by atoms with Crippen LogP contribution in [0.15, 0.2) is 47.6 Å². The fourth-order valence-electron chi connectivity index (χ4n) is 1.58. The van der Waals surface area contributed by atoms with E-state index in [9.17, 15) is 8.42 Å². The van der Waals surface area contributed by atoms with Gasteiger partial charge in [-0.05, 0) is 30.3 Å². The normalized spacial score (nSPS) is 11.3.